The molecule has 4 aromatic rings. The third-order valence-corrected chi connectivity index (χ3v) is 6.05. The zero-order valence-corrected chi connectivity index (χ0v) is 18.8. The summed E-state index contributed by atoms with van der Waals surface area (Å²) < 4.78 is 0. The molecule has 2 N–H and O–H groups in total. The van der Waals surface area contributed by atoms with Gasteiger partial charge in [-0.05, 0) is 43.7 Å². The molecule has 0 bridgehead atoms. The van der Waals surface area contributed by atoms with Crippen molar-refractivity contribution in [2.24, 2.45) is 5.10 Å². The number of thioether (sulfide) groups is 1. The van der Waals surface area contributed by atoms with Crippen molar-refractivity contribution in [2.45, 2.75) is 24.8 Å². The lowest BCUT2D eigenvalue weighted by molar-refractivity contribution is -0.385. The number of benzene rings is 3. The van der Waals surface area contributed by atoms with Gasteiger partial charge in [-0.2, -0.15) is 5.10 Å². The monoisotopic (exact) mass is 459 g/mol. The van der Waals surface area contributed by atoms with Crippen LogP contribution in [0.25, 0.3) is 11.0 Å². The first-order valence-corrected chi connectivity index (χ1v) is 11.2. The maximum Gasteiger partial charge on any atom is 0.272 e. The first-order valence-electron chi connectivity index (χ1n) is 10.2. The SMILES string of the molecule is CC(=NNC(=O)c1ccc(CSc2nc3ccccc3[nH]2)cc1)c1ccc(C)c([N+](=O)[O-])c1. The molecule has 0 spiro atoms. The summed E-state index contributed by atoms with van der Waals surface area (Å²) in [5, 5.41) is 16.1. The zero-order chi connectivity index (χ0) is 23.4. The number of nitrogens with one attached hydrogen (secondary N) is 2. The number of hydrogen-bond donors (Lipinski definition) is 2. The highest BCUT2D eigenvalue weighted by Crippen LogP contribution is 2.23. The van der Waals surface area contributed by atoms with Crippen molar-refractivity contribution in [1.82, 2.24) is 15.4 Å². The molecule has 0 fully saturated rings. The lowest BCUT2D eigenvalue weighted by Gasteiger charge is -2.05. The number of fused-ring (bicyclic) bond motifs is 1. The fourth-order valence-corrected chi connectivity index (χ4v) is 4.04. The second-order valence-corrected chi connectivity index (χ2v) is 8.41. The summed E-state index contributed by atoms with van der Waals surface area (Å²) in [6.07, 6.45) is 0. The van der Waals surface area contributed by atoms with Crippen LogP contribution in [0.1, 0.15) is 34.0 Å². The van der Waals surface area contributed by atoms with Crippen LogP contribution in [0.15, 0.2) is 77.0 Å². The molecule has 0 atom stereocenters. The van der Waals surface area contributed by atoms with E-state index in [0.29, 0.717) is 28.2 Å². The molecule has 0 saturated carbocycles. The smallest absolute Gasteiger partial charge is 0.272 e. The summed E-state index contributed by atoms with van der Waals surface area (Å²) in [5.74, 6) is 0.359. The summed E-state index contributed by atoms with van der Waals surface area (Å²) >= 11 is 1.59. The molecular formula is C24H21N5O3S. The highest BCUT2D eigenvalue weighted by molar-refractivity contribution is 7.98. The Morgan fingerprint density at radius 2 is 1.85 bits per heavy atom. The molecule has 166 valence electrons. The third kappa shape index (κ3) is 5.27. The number of rotatable bonds is 7. The topological polar surface area (TPSA) is 113 Å². The van der Waals surface area contributed by atoms with Gasteiger partial charge in [0.25, 0.3) is 11.6 Å². The Labute approximate surface area is 194 Å². The van der Waals surface area contributed by atoms with Gasteiger partial charge in [0.15, 0.2) is 5.16 Å². The number of nitro benzene ring substituents is 1. The van der Waals surface area contributed by atoms with Crippen LogP contribution in [0, 0.1) is 17.0 Å². The molecule has 0 unspecified atom stereocenters. The Hall–Kier alpha value is -3.98. The minimum Gasteiger partial charge on any atom is -0.333 e. The molecule has 4 rings (SSSR count). The lowest BCUT2D eigenvalue weighted by atomic mass is 10.1. The maximum atomic E-state index is 12.5. The Morgan fingerprint density at radius 3 is 2.58 bits per heavy atom. The molecule has 1 amide bonds. The van der Waals surface area contributed by atoms with Gasteiger partial charge in [-0.25, -0.2) is 10.4 Å². The van der Waals surface area contributed by atoms with E-state index in [1.54, 1.807) is 49.9 Å². The minimum atomic E-state index is -0.432. The predicted molar refractivity (Wildman–Crippen MR) is 130 cm³/mol. The molecule has 0 radical (unpaired) electrons. The Bertz CT molecular complexity index is 1330. The number of aromatic amines is 1. The van der Waals surface area contributed by atoms with Crippen molar-refractivity contribution in [3.05, 3.63) is 99.1 Å². The lowest BCUT2D eigenvalue weighted by Crippen LogP contribution is -2.19. The number of carbonyl (C=O) groups excluding carboxylic acids is 1. The van der Waals surface area contributed by atoms with Gasteiger partial charge in [0, 0.05) is 28.5 Å². The van der Waals surface area contributed by atoms with Crippen molar-refractivity contribution in [3.8, 4) is 0 Å². The van der Waals surface area contributed by atoms with Crippen LogP contribution in [-0.2, 0) is 5.75 Å². The molecule has 33 heavy (non-hydrogen) atoms. The second-order valence-electron chi connectivity index (χ2n) is 7.44. The van der Waals surface area contributed by atoms with Crippen molar-refractivity contribution in [1.29, 1.82) is 0 Å². The quantitative estimate of drug-likeness (QED) is 0.170. The average Bonchev–Trinajstić information content (AvgIpc) is 3.24. The number of aryl methyl sites for hydroxylation is 1. The second kappa shape index (κ2) is 9.66. The number of aromatic nitrogens is 2. The standard InChI is InChI=1S/C24H21N5O3S/c1-15-7-10-19(13-22(15)29(31)32)16(2)27-28-23(30)18-11-8-17(9-12-18)14-33-24-25-20-5-3-4-6-21(20)26-24/h3-13H,14H2,1-2H3,(H,25,26)(H,28,30). The van der Waals surface area contributed by atoms with Crippen LogP contribution in [0.2, 0.25) is 0 Å². The first kappa shape index (κ1) is 22.2. The Kier molecular flexibility index (Phi) is 6.50. The summed E-state index contributed by atoms with van der Waals surface area (Å²) in [7, 11) is 0. The van der Waals surface area contributed by atoms with Crippen molar-refractivity contribution < 1.29 is 9.72 Å². The average molecular weight is 460 g/mol. The van der Waals surface area contributed by atoms with Crippen LogP contribution in [0.4, 0.5) is 5.69 Å². The fraction of sp³-hybridized carbons (Fsp3) is 0.125. The van der Waals surface area contributed by atoms with Gasteiger partial charge in [0.1, 0.15) is 0 Å². The molecule has 3 aromatic carbocycles. The zero-order valence-electron chi connectivity index (χ0n) is 18.0. The fourth-order valence-electron chi connectivity index (χ4n) is 3.20. The van der Waals surface area contributed by atoms with Gasteiger partial charge >= 0.3 is 0 Å². The van der Waals surface area contributed by atoms with Gasteiger partial charge in [-0.15, -0.1) is 0 Å². The van der Waals surface area contributed by atoms with E-state index < -0.39 is 4.92 Å². The number of carbonyl (C=O) groups is 1. The summed E-state index contributed by atoms with van der Waals surface area (Å²) in [5.41, 5.74) is 7.62. The molecule has 0 saturated heterocycles. The van der Waals surface area contributed by atoms with Crippen molar-refractivity contribution >= 4 is 40.1 Å². The van der Waals surface area contributed by atoms with Crippen molar-refractivity contribution in [3.63, 3.8) is 0 Å². The number of para-hydroxylation sites is 2. The number of amides is 1. The third-order valence-electron chi connectivity index (χ3n) is 5.11. The van der Waals surface area contributed by atoms with Crippen LogP contribution in [0.3, 0.4) is 0 Å². The normalized spacial score (nSPS) is 11.5. The summed E-state index contributed by atoms with van der Waals surface area (Å²) in [6, 6.07) is 20.0. The minimum absolute atomic E-state index is 0.0180. The van der Waals surface area contributed by atoms with E-state index in [-0.39, 0.29) is 11.6 Å². The van der Waals surface area contributed by atoms with Crippen LogP contribution in [-0.4, -0.2) is 26.5 Å². The number of imidazole rings is 1. The molecule has 8 nitrogen and oxygen atoms in total. The molecule has 0 aliphatic carbocycles. The molecular weight excluding hydrogens is 438 g/mol. The van der Waals surface area contributed by atoms with E-state index in [4.69, 9.17) is 0 Å². The summed E-state index contributed by atoms with van der Waals surface area (Å²) in [4.78, 5) is 31.0. The van der Waals surface area contributed by atoms with Gasteiger partial charge in [0.05, 0.1) is 21.7 Å². The highest BCUT2D eigenvalue weighted by Gasteiger charge is 2.13. The number of hydrogen-bond acceptors (Lipinski definition) is 6. The number of hydrazone groups is 1. The molecule has 0 aliphatic heterocycles. The van der Waals surface area contributed by atoms with Crippen LogP contribution in [0.5, 0.6) is 0 Å². The highest BCUT2D eigenvalue weighted by atomic mass is 32.2. The van der Waals surface area contributed by atoms with Gasteiger partial charge in [-0.3, -0.25) is 14.9 Å². The molecule has 0 aliphatic rings. The van der Waals surface area contributed by atoms with E-state index in [2.05, 4.69) is 20.5 Å². The Morgan fingerprint density at radius 1 is 1.12 bits per heavy atom. The molecule has 1 aromatic heterocycles. The predicted octanol–water partition coefficient (Wildman–Crippen LogP) is 5.23. The van der Waals surface area contributed by atoms with Crippen LogP contribution >= 0.6 is 11.8 Å². The molecule has 9 heteroatoms. The largest absolute Gasteiger partial charge is 0.333 e. The van der Waals surface area contributed by atoms with Gasteiger partial charge < -0.3 is 4.98 Å². The van der Waals surface area contributed by atoms with Gasteiger partial charge in [-0.1, -0.05) is 48.2 Å². The van der Waals surface area contributed by atoms with E-state index in [9.17, 15) is 14.9 Å². The van der Waals surface area contributed by atoms with E-state index in [1.807, 2.05) is 36.4 Å². The number of nitrogens with zero attached hydrogens (tertiary/aromatic N) is 3. The molecule has 1 heterocycles. The Balaban J connectivity index is 1.36. The van der Waals surface area contributed by atoms with Crippen molar-refractivity contribution in [2.75, 3.05) is 0 Å². The number of H-pyrrole nitrogens is 1. The van der Waals surface area contributed by atoms with Crippen LogP contribution < -0.4 is 5.43 Å². The summed E-state index contributed by atoms with van der Waals surface area (Å²) in [6.45, 7) is 3.36. The van der Waals surface area contributed by atoms with Gasteiger partial charge in [0.2, 0.25) is 0 Å². The van der Waals surface area contributed by atoms with E-state index in [1.165, 1.54) is 6.07 Å². The maximum absolute atomic E-state index is 12.5. The van der Waals surface area contributed by atoms with E-state index >= 15 is 0 Å². The number of nitro groups is 1. The van der Waals surface area contributed by atoms with E-state index in [0.717, 1.165) is 21.8 Å². The first-order chi connectivity index (χ1) is 15.9.